The van der Waals surface area contributed by atoms with Gasteiger partial charge in [-0.15, -0.1) is 0 Å². The van der Waals surface area contributed by atoms with Gasteiger partial charge in [0.25, 0.3) is 0 Å². The molecule has 0 bridgehead atoms. The third-order valence-corrected chi connectivity index (χ3v) is 2.05. The molecule has 0 aliphatic rings. The lowest BCUT2D eigenvalue weighted by Gasteiger charge is -2.08. The Hall–Kier alpha value is -0.440. The van der Waals surface area contributed by atoms with Crippen molar-refractivity contribution in [2.75, 3.05) is 20.3 Å². The molecule has 0 unspecified atom stereocenters. The van der Waals surface area contributed by atoms with Crippen molar-refractivity contribution in [2.24, 2.45) is 0 Å². The molecule has 0 heterocycles. The van der Waals surface area contributed by atoms with Crippen LogP contribution in [0.1, 0.15) is 0 Å². The van der Waals surface area contributed by atoms with Gasteiger partial charge in [0.15, 0.2) is 5.75 Å². The van der Waals surface area contributed by atoms with E-state index in [1.165, 1.54) is 0 Å². The van der Waals surface area contributed by atoms with Crippen molar-refractivity contribution in [3.05, 3.63) is 28.2 Å². The van der Waals surface area contributed by atoms with E-state index in [1.807, 2.05) is 0 Å². The lowest BCUT2D eigenvalue weighted by atomic mass is 10.3. The van der Waals surface area contributed by atoms with Gasteiger partial charge in [0, 0.05) is 7.11 Å². The first-order valence-electron chi connectivity index (χ1n) is 3.81. The van der Waals surface area contributed by atoms with Gasteiger partial charge in [0.05, 0.1) is 16.7 Å². The fourth-order valence-electron chi connectivity index (χ4n) is 0.847. The van der Waals surface area contributed by atoms with Gasteiger partial charge in [-0.1, -0.05) is 29.3 Å². The van der Waals surface area contributed by atoms with Crippen molar-refractivity contribution in [1.29, 1.82) is 0 Å². The normalized spacial score (nSPS) is 10.1. The van der Waals surface area contributed by atoms with Crippen LogP contribution >= 0.6 is 23.2 Å². The van der Waals surface area contributed by atoms with E-state index in [-0.39, 0.29) is 0 Å². The maximum Gasteiger partial charge on any atom is 0.156 e. The topological polar surface area (TPSA) is 18.5 Å². The summed E-state index contributed by atoms with van der Waals surface area (Å²) in [6.07, 6.45) is 0. The molecule has 0 spiro atoms. The molecule has 0 saturated carbocycles. The minimum absolute atomic E-state index is 0.444. The van der Waals surface area contributed by atoms with Crippen LogP contribution in [0.3, 0.4) is 0 Å². The average molecular weight is 221 g/mol. The van der Waals surface area contributed by atoms with Crippen LogP contribution in [0.5, 0.6) is 5.75 Å². The van der Waals surface area contributed by atoms with Crippen LogP contribution in [-0.2, 0) is 4.74 Å². The van der Waals surface area contributed by atoms with Crippen LogP contribution in [0.25, 0.3) is 0 Å². The molecule has 4 heteroatoms. The number of halogens is 2. The highest BCUT2D eigenvalue weighted by Gasteiger charge is 2.05. The minimum Gasteiger partial charge on any atom is -0.488 e. The van der Waals surface area contributed by atoms with Gasteiger partial charge in [-0.3, -0.25) is 0 Å². The average Bonchev–Trinajstić information content (AvgIpc) is 2.10. The Morgan fingerprint density at radius 1 is 1.15 bits per heavy atom. The standard InChI is InChI=1S/C9H10Cl2O2/c1-12-5-6-13-9-7(10)3-2-4-8(9)11/h2-4H,5-6H2,1H3. The summed E-state index contributed by atoms with van der Waals surface area (Å²) in [4.78, 5) is 0. The number of methoxy groups -OCH3 is 1. The van der Waals surface area contributed by atoms with Crippen LogP contribution in [0.4, 0.5) is 0 Å². The van der Waals surface area contributed by atoms with E-state index in [4.69, 9.17) is 32.7 Å². The van der Waals surface area contributed by atoms with E-state index in [0.717, 1.165) is 0 Å². The second-order valence-electron chi connectivity index (χ2n) is 2.39. The molecule has 0 amide bonds. The summed E-state index contributed by atoms with van der Waals surface area (Å²) in [6.45, 7) is 0.960. The summed E-state index contributed by atoms with van der Waals surface area (Å²) >= 11 is 11.7. The highest BCUT2D eigenvalue weighted by molar-refractivity contribution is 6.37. The lowest BCUT2D eigenvalue weighted by Crippen LogP contribution is -2.04. The fraction of sp³-hybridized carbons (Fsp3) is 0.333. The quantitative estimate of drug-likeness (QED) is 0.727. The Bertz CT molecular complexity index is 256. The van der Waals surface area contributed by atoms with Crippen LogP contribution in [0.15, 0.2) is 18.2 Å². The predicted molar refractivity (Wildman–Crippen MR) is 53.8 cm³/mol. The van der Waals surface area contributed by atoms with Gasteiger partial charge in [0.1, 0.15) is 6.61 Å². The summed E-state index contributed by atoms with van der Waals surface area (Å²) in [5.41, 5.74) is 0. The highest BCUT2D eigenvalue weighted by atomic mass is 35.5. The molecule has 0 aliphatic heterocycles. The summed E-state index contributed by atoms with van der Waals surface area (Å²) in [5, 5.41) is 1.03. The van der Waals surface area contributed by atoms with Gasteiger partial charge in [-0.05, 0) is 12.1 Å². The van der Waals surface area contributed by atoms with E-state index >= 15 is 0 Å². The fourth-order valence-corrected chi connectivity index (χ4v) is 1.35. The third-order valence-electron chi connectivity index (χ3n) is 1.45. The van der Waals surface area contributed by atoms with E-state index in [0.29, 0.717) is 29.0 Å². The maximum atomic E-state index is 5.86. The van der Waals surface area contributed by atoms with Gasteiger partial charge < -0.3 is 9.47 Å². The maximum absolute atomic E-state index is 5.86. The molecular weight excluding hydrogens is 211 g/mol. The first kappa shape index (κ1) is 10.6. The molecule has 1 aromatic carbocycles. The highest BCUT2D eigenvalue weighted by Crippen LogP contribution is 2.32. The Morgan fingerprint density at radius 2 is 1.77 bits per heavy atom. The zero-order valence-electron chi connectivity index (χ0n) is 7.22. The molecule has 0 aliphatic carbocycles. The molecule has 2 nitrogen and oxygen atoms in total. The van der Waals surface area contributed by atoms with Crippen LogP contribution in [0.2, 0.25) is 10.0 Å². The first-order valence-corrected chi connectivity index (χ1v) is 4.57. The Kier molecular flexibility index (Phi) is 4.36. The number of hydrogen-bond acceptors (Lipinski definition) is 2. The molecule has 0 N–H and O–H groups in total. The SMILES string of the molecule is COCCOc1c(Cl)cccc1Cl. The van der Waals surface area contributed by atoms with Gasteiger partial charge in [-0.25, -0.2) is 0 Å². The second kappa shape index (κ2) is 5.32. The molecule has 1 rings (SSSR count). The number of benzene rings is 1. The lowest BCUT2D eigenvalue weighted by molar-refractivity contribution is 0.146. The summed E-state index contributed by atoms with van der Waals surface area (Å²) in [5.74, 6) is 0.517. The number of ether oxygens (including phenoxy) is 2. The molecule has 13 heavy (non-hydrogen) atoms. The zero-order chi connectivity index (χ0) is 9.68. The Labute approximate surface area is 87.4 Å². The summed E-state index contributed by atoms with van der Waals surface area (Å²) in [6, 6.07) is 5.24. The Balaban J connectivity index is 2.64. The van der Waals surface area contributed by atoms with Crippen molar-refractivity contribution in [3.8, 4) is 5.75 Å². The van der Waals surface area contributed by atoms with Crippen molar-refractivity contribution < 1.29 is 9.47 Å². The summed E-state index contributed by atoms with van der Waals surface area (Å²) < 4.78 is 10.2. The van der Waals surface area contributed by atoms with Crippen LogP contribution in [0, 0.1) is 0 Å². The van der Waals surface area contributed by atoms with Gasteiger partial charge >= 0.3 is 0 Å². The monoisotopic (exact) mass is 220 g/mol. The van der Waals surface area contributed by atoms with E-state index in [9.17, 15) is 0 Å². The van der Waals surface area contributed by atoms with Gasteiger partial charge in [-0.2, -0.15) is 0 Å². The summed E-state index contributed by atoms with van der Waals surface area (Å²) in [7, 11) is 1.61. The molecule has 72 valence electrons. The molecule has 0 atom stereocenters. The second-order valence-corrected chi connectivity index (χ2v) is 3.21. The number of para-hydroxylation sites is 1. The smallest absolute Gasteiger partial charge is 0.156 e. The molecule has 0 fully saturated rings. The van der Waals surface area contributed by atoms with E-state index in [1.54, 1.807) is 25.3 Å². The molecule has 0 radical (unpaired) electrons. The number of hydrogen-bond donors (Lipinski definition) is 0. The largest absolute Gasteiger partial charge is 0.488 e. The van der Waals surface area contributed by atoms with Crippen molar-refractivity contribution in [1.82, 2.24) is 0 Å². The van der Waals surface area contributed by atoms with Crippen molar-refractivity contribution in [3.63, 3.8) is 0 Å². The third kappa shape index (κ3) is 3.07. The number of rotatable bonds is 4. The molecular formula is C9H10Cl2O2. The first-order chi connectivity index (χ1) is 6.25. The van der Waals surface area contributed by atoms with Crippen LogP contribution < -0.4 is 4.74 Å². The van der Waals surface area contributed by atoms with E-state index in [2.05, 4.69) is 0 Å². The molecule has 1 aromatic rings. The zero-order valence-corrected chi connectivity index (χ0v) is 8.73. The van der Waals surface area contributed by atoms with E-state index < -0.39 is 0 Å². The Morgan fingerprint density at radius 3 is 2.31 bits per heavy atom. The van der Waals surface area contributed by atoms with Crippen molar-refractivity contribution in [2.45, 2.75) is 0 Å². The molecule has 0 saturated heterocycles. The van der Waals surface area contributed by atoms with Gasteiger partial charge in [0.2, 0.25) is 0 Å². The van der Waals surface area contributed by atoms with Crippen LogP contribution in [-0.4, -0.2) is 20.3 Å². The minimum atomic E-state index is 0.444. The van der Waals surface area contributed by atoms with Crippen molar-refractivity contribution >= 4 is 23.2 Å². The molecule has 0 aromatic heterocycles. The predicted octanol–water partition coefficient (Wildman–Crippen LogP) is 3.02.